The maximum Gasteiger partial charge on any atom is 0.321 e. The summed E-state index contributed by atoms with van der Waals surface area (Å²) < 4.78 is 129. The van der Waals surface area contributed by atoms with E-state index in [0.29, 0.717) is 77.2 Å². The summed E-state index contributed by atoms with van der Waals surface area (Å²) >= 11 is 3.54. The zero-order valence-electron chi connectivity index (χ0n) is 76.4. The van der Waals surface area contributed by atoms with E-state index < -0.39 is 125 Å². The number of aliphatic carboxylic acids is 3. The predicted octanol–water partition coefficient (Wildman–Crippen LogP) is 15.0. The molecule has 8 N–H and O–H groups in total. The van der Waals surface area contributed by atoms with Gasteiger partial charge in [0.2, 0.25) is 17.8 Å². The third kappa shape index (κ3) is 25.7. The molecular weight excluding hydrogens is 1910 g/mol. The number of aromatic nitrogens is 18. The van der Waals surface area contributed by atoms with Crippen LogP contribution in [0, 0.1) is 59.0 Å². The van der Waals surface area contributed by atoms with Gasteiger partial charge < -0.3 is 65.4 Å². The summed E-state index contributed by atoms with van der Waals surface area (Å²) in [7, 11) is 0. The van der Waals surface area contributed by atoms with Gasteiger partial charge in [0.15, 0.2) is 37.6 Å². The average Bonchev–Trinajstić information content (AvgIpc) is 1.65. The monoisotopic (exact) mass is 2010 g/mol. The van der Waals surface area contributed by atoms with Gasteiger partial charge in [0.1, 0.15) is 72.3 Å². The van der Waals surface area contributed by atoms with Crippen LogP contribution in [0.5, 0.6) is 0 Å². The molecule has 5 fully saturated rings. The Hall–Kier alpha value is -13.8. The third-order valence-corrected chi connectivity index (χ3v) is 27.3. The van der Waals surface area contributed by atoms with E-state index in [1.165, 1.54) is 66.9 Å². The number of carboxylic acids is 3. The van der Waals surface area contributed by atoms with E-state index in [-0.39, 0.29) is 125 Å². The summed E-state index contributed by atoms with van der Waals surface area (Å²) in [6.07, 6.45) is 28.4. The van der Waals surface area contributed by atoms with E-state index in [9.17, 15) is 79.7 Å². The Morgan fingerprint density at radius 3 is 0.986 bits per heavy atom. The Balaban J connectivity index is 0.000000160. The minimum absolute atomic E-state index is 0.00135. The van der Waals surface area contributed by atoms with Gasteiger partial charge in [-0.05, 0) is 160 Å². The molecule has 5 aliphatic rings. The van der Waals surface area contributed by atoms with Gasteiger partial charge in [-0.2, -0.15) is 43.8 Å². The molecule has 12 aromatic rings. The highest BCUT2D eigenvalue weighted by Gasteiger charge is 2.40. The lowest BCUT2D eigenvalue weighted by atomic mass is 9.79. The molecule has 0 aliphatic heterocycles. The smallest absolute Gasteiger partial charge is 0.321 e. The number of nitrogens with zero attached hydrogens (tertiary/aromatic N) is 18. The molecule has 12 aromatic heterocycles. The van der Waals surface area contributed by atoms with Crippen molar-refractivity contribution in [1.82, 2.24) is 88.6 Å². The Bertz CT molecular complexity index is 6190. The molecule has 0 aromatic carbocycles. The first kappa shape index (κ1) is 102. The number of esters is 3. The lowest BCUT2D eigenvalue weighted by Gasteiger charge is -2.28. The summed E-state index contributed by atoms with van der Waals surface area (Å²) in [6.45, 7) is 7.07. The zero-order valence-corrected chi connectivity index (χ0v) is 78.9. The molecule has 2 unspecified atom stereocenters. The van der Waals surface area contributed by atoms with Crippen molar-refractivity contribution in [3.8, 4) is 65.9 Å². The van der Waals surface area contributed by atoms with Crippen molar-refractivity contribution in [3.63, 3.8) is 0 Å². The van der Waals surface area contributed by atoms with Crippen LogP contribution in [0.4, 0.5) is 43.4 Å². The average molecular weight is 2010 g/mol. The largest absolute Gasteiger partial charge is 0.481 e. The van der Waals surface area contributed by atoms with Gasteiger partial charge in [0, 0.05) is 89.8 Å². The molecule has 0 radical (unpaired) electrons. The highest BCUT2D eigenvalue weighted by molar-refractivity contribution is 7.14. The molecule has 49 heteroatoms. The van der Waals surface area contributed by atoms with E-state index in [4.69, 9.17) is 39.3 Å². The van der Waals surface area contributed by atoms with Crippen LogP contribution in [-0.2, 0) is 77.4 Å². The third-order valence-electron chi connectivity index (χ3n) is 24.7. The zero-order chi connectivity index (χ0) is 99.7. The van der Waals surface area contributed by atoms with Gasteiger partial charge in [-0.25, -0.2) is 57.1 Å². The number of nitrogens with one attached hydrogen (secondary N) is 3. The van der Waals surface area contributed by atoms with E-state index in [0.717, 1.165) is 150 Å². The van der Waals surface area contributed by atoms with Gasteiger partial charge in [0.25, 0.3) is 17.7 Å². The molecule has 17 rings (SSSR count). The van der Waals surface area contributed by atoms with Crippen molar-refractivity contribution in [1.29, 1.82) is 0 Å². The van der Waals surface area contributed by atoms with Crippen LogP contribution in [0.3, 0.4) is 0 Å². The van der Waals surface area contributed by atoms with Gasteiger partial charge >= 0.3 is 35.8 Å². The van der Waals surface area contributed by atoms with Crippen LogP contribution < -0.4 is 21.7 Å². The number of pyridine rings is 3. The summed E-state index contributed by atoms with van der Waals surface area (Å²) in [5.41, 5.74) is 6.71. The fourth-order valence-corrected chi connectivity index (χ4v) is 19.8. The van der Waals surface area contributed by atoms with Crippen molar-refractivity contribution < 1.29 is 113 Å². The first-order chi connectivity index (χ1) is 68.0. The number of anilines is 3. The molecule has 3 amide bonds. The van der Waals surface area contributed by atoms with E-state index >= 15 is 0 Å². The first-order valence-corrected chi connectivity index (χ1v) is 48.6. The van der Waals surface area contributed by atoms with Crippen molar-refractivity contribution >= 4 is 105 Å². The Labute approximate surface area is 812 Å². The second-order valence-corrected chi connectivity index (χ2v) is 36.7. The maximum atomic E-state index is 14.8. The molecule has 0 saturated heterocycles. The number of hydrogen-bond donors (Lipinski definition) is 7. The van der Waals surface area contributed by atoms with Crippen LogP contribution >= 0.6 is 34.0 Å². The van der Waals surface area contributed by atoms with Gasteiger partial charge in [-0.15, -0.1) is 34.0 Å². The molecule has 5 atom stereocenters. The number of rotatable bonds is 34. The molecule has 40 nitrogen and oxygen atoms in total. The van der Waals surface area contributed by atoms with Gasteiger partial charge in [-0.3, -0.25) is 57.2 Å². The Kier molecular flexibility index (Phi) is 33.9. The topological polar surface area (TPSA) is 516 Å². The number of ether oxygens (including phenoxy) is 6. The Morgan fingerprint density at radius 1 is 0.397 bits per heavy atom. The maximum absolute atomic E-state index is 14.8. The van der Waals surface area contributed by atoms with E-state index in [1.807, 2.05) is 20.8 Å². The van der Waals surface area contributed by atoms with Crippen LogP contribution in [0.2, 0.25) is 0 Å². The minimum atomic E-state index is -1.37. The van der Waals surface area contributed by atoms with Gasteiger partial charge in [-0.1, -0.05) is 25.7 Å². The van der Waals surface area contributed by atoms with Crippen LogP contribution in [0.25, 0.3) is 65.9 Å². The lowest BCUT2D eigenvalue weighted by molar-refractivity contribution is -0.162. The lowest BCUT2D eigenvalue weighted by Crippen LogP contribution is -2.34. The number of thiazole rings is 3. The predicted molar refractivity (Wildman–Crippen MR) is 493 cm³/mol. The summed E-state index contributed by atoms with van der Waals surface area (Å²) in [4.78, 5) is 135. The van der Waals surface area contributed by atoms with Crippen molar-refractivity contribution in [2.75, 3.05) is 35.8 Å². The second-order valence-electron chi connectivity index (χ2n) is 34.1. The number of halogens is 6. The normalized spacial score (nSPS) is 19.9. The summed E-state index contributed by atoms with van der Waals surface area (Å²) in [5, 5.41) is 68.1. The number of carbonyl (C=O) groups excluding carboxylic acids is 6. The van der Waals surface area contributed by atoms with Crippen molar-refractivity contribution in [2.45, 2.75) is 218 Å². The Morgan fingerprint density at radius 2 is 0.695 bits per heavy atom. The SMILES string of the molecule is CCOC1CCC(n2cc(NC(=O)c3csc(-c4cnn(COC(=O)C5CCCCC5C(=O)O)c4)n3)c(-c3nc(F)ccc3F)n2)CC1.CCOC1CCC(n2cc(NC(=O)c3csc(-c4cnn(COC(=O)C[C@@H](N)C(=O)O)c4)n3)c(-c3nc(F)ccc3F)n2)CC1.CCOC1CCC(n2cc(NC(=O)c3csc(-c4cnn(COC(=O)[C@@H]5CCCC[C@@H]5C(=O)O)c4)n3)c(-c3nc(F)ccc3F)n2)CC1. The molecular formula is C92H100F6N22O18S3. The highest BCUT2D eigenvalue weighted by atomic mass is 32.1. The van der Waals surface area contributed by atoms with Gasteiger partial charge in [0.05, 0.1) is 102 Å². The molecule has 5 aliphatic carbocycles. The standard InChI is InChI=1S/2C32H35F2N7O6S.C28H30F2N8O6S/c2*1-2-46-20-9-7-19(8-10-20)41-15-24(28(39-41)27-23(33)11-12-26(34)38-27)36-29(42)25-16-48-30(37-25)18-13-35-40(14-18)17-47-32(45)22-6-4-3-5-21(22)31(43)44;1-2-43-17-5-3-16(4-6-17)38-12-20(25(36-38)24-18(29)7-8-22(30)35-24)33-26(40)21-13-45-27(34-21)15-10-32-37(11-15)14-44-23(39)9-19(31)28(41)42/h2*11-16,19-22H,2-10,17H2,1H3,(H,36,42)(H,43,44);7-8,10-13,16-17,19H,2-6,9,14,31H2,1H3,(H,33,40)(H,41,42)/t19?,20?,21-,22+;;16?,17?,19-/m0.1/s1. The summed E-state index contributed by atoms with van der Waals surface area (Å²) in [6, 6.07) is 4.17. The summed E-state index contributed by atoms with van der Waals surface area (Å²) in [5.74, 6) is -14.9. The minimum Gasteiger partial charge on any atom is -0.481 e. The fourth-order valence-electron chi connectivity index (χ4n) is 17.5. The van der Waals surface area contributed by atoms with E-state index in [1.54, 1.807) is 55.8 Å². The molecule has 0 spiro atoms. The number of carbonyl (C=O) groups is 9. The van der Waals surface area contributed by atoms with Crippen LogP contribution in [0.1, 0.15) is 205 Å². The molecule has 12 heterocycles. The first-order valence-electron chi connectivity index (χ1n) is 45.9. The molecule has 0 bridgehead atoms. The van der Waals surface area contributed by atoms with Crippen molar-refractivity contribution in [3.05, 3.63) is 161 Å². The fraction of sp³-hybridized carbons (Fsp3) is 0.446. The highest BCUT2D eigenvalue weighted by Crippen LogP contribution is 2.42. The number of hydrogen-bond acceptors (Lipinski definition) is 31. The van der Waals surface area contributed by atoms with Crippen molar-refractivity contribution in [2.24, 2.45) is 29.4 Å². The molecule has 5 saturated carbocycles. The quantitative estimate of drug-likeness (QED) is 0.00852. The molecule has 141 heavy (non-hydrogen) atoms. The molecule has 746 valence electrons. The van der Waals surface area contributed by atoms with Crippen LogP contribution in [0.15, 0.2) is 108 Å². The second kappa shape index (κ2) is 47.0. The number of carboxylic acid groups (broad SMARTS) is 3. The van der Waals surface area contributed by atoms with E-state index in [2.05, 4.69) is 76.4 Å². The number of nitrogens with two attached hydrogens (primary N) is 1. The van der Waals surface area contributed by atoms with Crippen LogP contribution in [-0.4, -0.2) is 202 Å². The number of amides is 3.